The van der Waals surface area contributed by atoms with E-state index >= 15 is 0 Å². The highest BCUT2D eigenvalue weighted by Gasteiger charge is 2.17. The van der Waals surface area contributed by atoms with Crippen LogP contribution in [0.1, 0.15) is 50.8 Å². The SMILES string of the molecule is CCC(NC(=O)c1cnc(C(=O)O)cn1)c1csc(C)c1. The molecule has 1 unspecified atom stereocenters. The number of aryl methyl sites for hydroxylation is 1. The Hall–Kier alpha value is -2.28. The minimum Gasteiger partial charge on any atom is -0.476 e. The molecule has 0 spiro atoms. The molecule has 0 aliphatic carbocycles. The molecule has 6 nitrogen and oxygen atoms in total. The van der Waals surface area contributed by atoms with Crippen molar-refractivity contribution in [3.8, 4) is 0 Å². The van der Waals surface area contributed by atoms with Gasteiger partial charge in [0, 0.05) is 4.88 Å². The Morgan fingerprint density at radius 2 is 2.00 bits per heavy atom. The molecule has 0 saturated heterocycles. The first-order valence-corrected chi connectivity index (χ1v) is 7.30. The van der Waals surface area contributed by atoms with Crippen molar-refractivity contribution in [1.82, 2.24) is 15.3 Å². The number of aromatic carboxylic acids is 1. The van der Waals surface area contributed by atoms with Gasteiger partial charge >= 0.3 is 5.97 Å². The molecule has 0 aliphatic rings. The third-order valence-electron chi connectivity index (χ3n) is 2.97. The maximum absolute atomic E-state index is 12.1. The van der Waals surface area contributed by atoms with Crippen molar-refractivity contribution < 1.29 is 14.7 Å². The number of thiophene rings is 1. The monoisotopic (exact) mass is 305 g/mol. The number of hydrogen-bond donors (Lipinski definition) is 2. The second-order valence-corrected chi connectivity index (χ2v) is 5.63. The fraction of sp³-hybridized carbons (Fsp3) is 0.286. The van der Waals surface area contributed by atoms with Crippen LogP contribution >= 0.6 is 11.3 Å². The third kappa shape index (κ3) is 3.63. The lowest BCUT2D eigenvalue weighted by Crippen LogP contribution is -2.28. The lowest BCUT2D eigenvalue weighted by Gasteiger charge is -2.15. The minimum absolute atomic E-state index is 0.0941. The fourth-order valence-electron chi connectivity index (χ4n) is 1.86. The molecule has 0 saturated carbocycles. The van der Waals surface area contributed by atoms with Crippen LogP contribution in [0.2, 0.25) is 0 Å². The van der Waals surface area contributed by atoms with Crippen LogP contribution in [-0.2, 0) is 0 Å². The molecule has 0 fully saturated rings. The summed E-state index contributed by atoms with van der Waals surface area (Å²) in [4.78, 5) is 31.5. The molecular formula is C14H15N3O3S. The molecule has 2 aromatic heterocycles. The van der Waals surface area contributed by atoms with Crippen LogP contribution in [0.3, 0.4) is 0 Å². The number of hydrogen-bond acceptors (Lipinski definition) is 5. The first-order chi connectivity index (χ1) is 10.0. The quantitative estimate of drug-likeness (QED) is 0.885. The molecule has 2 heterocycles. The van der Waals surface area contributed by atoms with Crippen molar-refractivity contribution in [2.45, 2.75) is 26.3 Å². The van der Waals surface area contributed by atoms with Crippen molar-refractivity contribution in [3.05, 3.63) is 45.7 Å². The summed E-state index contributed by atoms with van der Waals surface area (Å²) in [6.07, 6.45) is 3.00. The molecule has 0 aromatic carbocycles. The predicted molar refractivity (Wildman–Crippen MR) is 78.5 cm³/mol. The van der Waals surface area contributed by atoms with Gasteiger partial charge in [0.05, 0.1) is 18.4 Å². The number of nitrogens with one attached hydrogen (secondary N) is 1. The first-order valence-electron chi connectivity index (χ1n) is 6.42. The molecule has 0 bridgehead atoms. The zero-order valence-electron chi connectivity index (χ0n) is 11.7. The molecule has 2 aromatic rings. The van der Waals surface area contributed by atoms with Crippen LogP contribution < -0.4 is 5.32 Å². The summed E-state index contributed by atoms with van der Waals surface area (Å²) in [5.74, 6) is -1.54. The maximum Gasteiger partial charge on any atom is 0.356 e. The lowest BCUT2D eigenvalue weighted by atomic mass is 10.1. The summed E-state index contributed by atoms with van der Waals surface area (Å²) in [7, 11) is 0. The first kappa shape index (κ1) is 15.1. The van der Waals surface area contributed by atoms with Gasteiger partial charge in [-0.1, -0.05) is 6.92 Å². The largest absolute Gasteiger partial charge is 0.476 e. The van der Waals surface area contributed by atoms with Gasteiger partial charge in [0.1, 0.15) is 5.69 Å². The Bertz CT molecular complexity index is 652. The van der Waals surface area contributed by atoms with Gasteiger partial charge in [0.2, 0.25) is 0 Å². The molecular weight excluding hydrogens is 290 g/mol. The zero-order valence-corrected chi connectivity index (χ0v) is 12.5. The number of carboxylic acid groups (broad SMARTS) is 1. The zero-order chi connectivity index (χ0) is 15.4. The number of carboxylic acids is 1. The maximum atomic E-state index is 12.1. The van der Waals surface area contributed by atoms with Gasteiger partial charge in [-0.25, -0.2) is 14.8 Å². The van der Waals surface area contributed by atoms with E-state index in [1.165, 1.54) is 11.1 Å². The minimum atomic E-state index is -1.17. The van der Waals surface area contributed by atoms with Gasteiger partial charge in [0.15, 0.2) is 5.69 Å². The van der Waals surface area contributed by atoms with Crippen molar-refractivity contribution in [2.24, 2.45) is 0 Å². The molecule has 7 heteroatoms. The summed E-state index contributed by atoms with van der Waals surface area (Å²) in [6, 6.07) is 1.95. The van der Waals surface area contributed by atoms with Crippen LogP contribution in [0.5, 0.6) is 0 Å². The van der Waals surface area contributed by atoms with Gasteiger partial charge in [-0.3, -0.25) is 4.79 Å². The Labute approximate surface area is 125 Å². The van der Waals surface area contributed by atoms with Gasteiger partial charge in [-0.05, 0) is 30.4 Å². The van der Waals surface area contributed by atoms with Crippen LogP contribution in [0.15, 0.2) is 23.8 Å². The van der Waals surface area contributed by atoms with E-state index in [4.69, 9.17) is 5.11 Å². The summed E-state index contributed by atoms with van der Waals surface area (Å²) in [6.45, 7) is 4.00. The van der Waals surface area contributed by atoms with Gasteiger partial charge in [0.25, 0.3) is 5.91 Å². The summed E-state index contributed by atoms with van der Waals surface area (Å²) < 4.78 is 0. The van der Waals surface area contributed by atoms with E-state index in [1.54, 1.807) is 11.3 Å². The van der Waals surface area contributed by atoms with E-state index in [0.29, 0.717) is 0 Å². The summed E-state index contributed by atoms with van der Waals surface area (Å²) >= 11 is 1.63. The van der Waals surface area contributed by atoms with E-state index in [2.05, 4.69) is 15.3 Å². The predicted octanol–water partition coefficient (Wildman–Crippen LogP) is 2.43. The number of rotatable bonds is 5. The van der Waals surface area contributed by atoms with E-state index in [9.17, 15) is 9.59 Å². The molecule has 2 N–H and O–H groups in total. The Morgan fingerprint density at radius 1 is 1.33 bits per heavy atom. The van der Waals surface area contributed by atoms with E-state index in [-0.39, 0.29) is 23.3 Å². The third-order valence-corrected chi connectivity index (χ3v) is 3.85. The lowest BCUT2D eigenvalue weighted by molar-refractivity contribution is 0.0689. The summed E-state index contributed by atoms with van der Waals surface area (Å²) in [5.41, 5.74) is 0.973. The van der Waals surface area contributed by atoms with E-state index in [1.807, 2.05) is 25.3 Å². The molecule has 1 amide bonds. The van der Waals surface area contributed by atoms with E-state index in [0.717, 1.165) is 18.2 Å². The second kappa shape index (κ2) is 6.45. The Kier molecular flexibility index (Phi) is 4.64. The highest BCUT2D eigenvalue weighted by Crippen LogP contribution is 2.22. The fourth-order valence-corrected chi connectivity index (χ4v) is 2.61. The second-order valence-electron chi connectivity index (χ2n) is 4.52. The van der Waals surface area contributed by atoms with Crippen LogP contribution in [0.25, 0.3) is 0 Å². The average molecular weight is 305 g/mol. The number of nitrogens with zero attached hydrogens (tertiary/aromatic N) is 2. The molecule has 21 heavy (non-hydrogen) atoms. The van der Waals surface area contributed by atoms with Crippen LogP contribution in [-0.4, -0.2) is 27.0 Å². The number of carbonyl (C=O) groups excluding carboxylic acids is 1. The highest BCUT2D eigenvalue weighted by atomic mass is 32.1. The number of carbonyl (C=O) groups is 2. The van der Waals surface area contributed by atoms with E-state index < -0.39 is 5.97 Å². The summed E-state index contributed by atoms with van der Waals surface area (Å²) in [5, 5.41) is 13.6. The van der Waals surface area contributed by atoms with Crippen LogP contribution in [0.4, 0.5) is 0 Å². The molecule has 110 valence electrons. The molecule has 0 radical (unpaired) electrons. The Morgan fingerprint density at radius 3 is 2.48 bits per heavy atom. The highest BCUT2D eigenvalue weighted by molar-refractivity contribution is 7.10. The van der Waals surface area contributed by atoms with Crippen molar-refractivity contribution in [1.29, 1.82) is 0 Å². The van der Waals surface area contributed by atoms with Gasteiger partial charge in [-0.2, -0.15) is 0 Å². The number of aromatic nitrogens is 2. The standard InChI is InChI=1S/C14H15N3O3S/c1-3-10(9-4-8(2)21-7-9)17-13(18)11-5-16-12(6-15-11)14(19)20/h4-7,10H,3H2,1-2H3,(H,17,18)(H,19,20). The molecule has 1 atom stereocenters. The van der Waals surface area contributed by atoms with Gasteiger partial charge in [-0.15, -0.1) is 11.3 Å². The molecule has 0 aliphatic heterocycles. The normalized spacial score (nSPS) is 11.9. The average Bonchev–Trinajstić information content (AvgIpc) is 2.91. The van der Waals surface area contributed by atoms with Gasteiger partial charge < -0.3 is 10.4 Å². The Balaban J connectivity index is 2.10. The smallest absolute Gasteiger partial charge is 0.356 e. The van der Waals surface area contributed by atoms with Crippen molar-refractivity contribution in [3.63, 3.8) is 0 Å². The van der Waals surface area contributed by atoms with Crippen molar-refractivity contribution >= 4 is 23.2 Å². The number of amides is 1. The van der Waals surface area contributed by atoms with Crippen molar-refractivity contribution in [2.75, 3.05) is 0 Å². The molecule has 2 rings (SSSR count). The van der Waals surface area contributed by atoms with Crippen LogP contribution in [0, 0.1) is 6.92 Å². The topological polar surface area (TPSA) is 92.2 Å².